The highest BCUT2D eigenvalue weighted by Crippen LogP contribution is 2.29. The minimum atomic E-state index is -1.36. The lowest BCUT2D eigenvalue weighted by Crippen LogP contribution is -2.11. The Kier molecular flexibility index (Phi) is 3.84. The number of hydrogen-bond donors (Lipinski definition) is 1. The lowest BCUT2D eigenvalue weighted by Gasteiger charge is -2.19. The minimum Gasteiger partial charge on any atom is -0.477 e. The largest absolute Gasteiger partial charge is 0.477 e. The van der Waals surface area contributed by atoms with Crippen LogP contribution in [0.1, 0.15) is 10.4 Å². The van der Waals surface area contributed by atoms with Gasteiger partial charge in [-0.25, -0.2) is 9.18 Å². The van der Waals surface area contributed by atoms with Gasteiger partial charge in [-0.3, -0.25) is 10.1 Å². The molecule has 0 fully saturated rings. The lowest BCUT2D eigenvalue weighted by atomic mass is 10.1. The van der Waals surface area contributed by atoms with E-state index >= 15 is 0 Å². The van der Waals surface area contributed by atoms with Gasteiger partial charge in [-0.1, -0.05) is 0 Å². The fraction of sp³-hybridized carbons (Fsp3) is 0.0714. The van der Waals surface area contributed by atoms with E-state index in [0.717, 1.165) is 0 Å². The fourth-order valence-corrected chi connectivity index (χ4v) is 1.87. The topological polar surface area (TPSA) is 83.7 Å². The van der Waals surface area contributed by atoms with Gasteiger partial charge in [0.05, 0.1) is 4.92 Å². The van der Waals surface area contributed by atoms with Crippen molar-refractivity contribution in [1.29, 1.82) is 0 Å². The van der Waals surface area contributed by atoms with Gasteiger partial charge in [0.2, 0.25) is 0 Å². The molecule has 0 unspecified atom stereocenters. The number of nitro groups is 1. The Morgan fingerprint density at radius 2 is 1.76 bits per heavy atom. The van der Waals surface area contributed by atoms with Crippen molar-refractivity contribution in [3.63, 3.8) is 0 Å². The number of aromatic carboxylic acids is 1. The number of carboxylic acids is 1. The molecule has 2 rings (SSSR count). The normalized spacial score (nSPS) is 10.2. The van der Waals surface area contributed by atoms with Crippen LogP contribution in [0.4, 0.5) is 21.5 Å². The summed E-state index contributed by atoms with van der Waals surface area (Å²) in [6, 6.07) is 9.39. The molecular formula is C14H11FN2O4. The zero-order chi connectivity index (χ0) is 15.6. The number of nitro benzene ring substituents is 1. The highest BCUT2D eigenvalue weighted by Gasteiger charge is 2.21. The maximum atomic E-state index is 12.9. The molecule has 0 saturated carbocycles. The summed E-state index contributed by atoms with van der Waals surface area (Å²) in [6.07, 6.45) is 0. The monoisotopic (exact) mass is 290 g/mol. The summed E-state index contributed by atoms with van der Waals surface area (Å²) in [5, 5.41) is 19.9. The van der Waals surface area contributed by atoms with Crippen LogP contribution in [0.3, 0.4) is 0 Å². The van der Waals surface area contributed by atoms with E-state index < -0.39 is 16.6 Å². The summed E-state index contributed by atoms with van der Waals surface area (Å²) < 4.78 is 12.9. The summed E-state index contributed by atoms with van der Waals surface area (Å²) in [4.78, 5) is 22.8. The average Bonchev–Trinajstić information content (AvgIpc) is 2.46. The number of halogens is 1. The zero-order valence-corrected chi connectivity index (χ0v) is 11.0. The molecule has 0 aliphatic heterocycles. The van der Waals surface area contributed by atoms with E-state index in [2.05, 4.69) is 0 Å². The quantitative estimate of drug-likeness (QED) is 0.690. The van der Waals surface area contributed by atoms with Crippen molar-refractivity contribution in [3.05, 3.63) is 64.0 Å². The van der Waals surface area contributed by atoms with Gasteiger partial charge in [-0.05, 0) is 36.4 Å². The highest BCUT2D eigenvalue weighted by atomic mass is 19.1. The number of benzene rings is 2. The summed E-state index contributed by atoms with van der Waals surface area (Å²) >= 11 is 0. The predicted molar refractivity (Wildman–Crippen MR) is 74.5 cm³/mol. The second-order valence-corrected chi connectivity index (χ2v) is 4.30. The van der Waals surface area contributed by atoms with Gasteiger partial charge in [0.1, 0.15) is 11.4 Å². The first-order valence-corrected chi connectivity index (χ1v) is 5.91. The van der Waals surface area contributed by atoms with Crippen LogP contribution in [0.2, 0.25) is 0 Å². The van der Waals surface area contributed by atoms with Gasteiger partial charge in [-0.2, -0.15) is 0 Å². The molecule has 0 heterocycles. The van der Waals surface area contributed by atoms with Crippen LogP contribution in [0, 0.1) is 15.9 Å². The van der Waals surface area contributed by atoms with E-state index in [1.54, 1.807) is 11.9 Å². The van der Waals surface area contributed by atoms with Crippen molar-refractivity contribution in [1.82, 2.24) is 0 Å². The van der Waals surface area contributed by atoms with Gasteiger partial charge in [-0.15, -0.1) is 0 Å². The molecule has 2 aromatic rings. The van der Waals surface area contributed by atoms with Crippen LogP contribution < -0.4 is 4.90 Å². The maximum absolute atomic E-state index is 12.9. The van der Waals surface area contributed by atoms with Gasteiger partial charge >= 0.3 is 5.97 Å². The van der Waals surface area contributed by atoms with E-state index in [1.807, 2.05) is 0 Å². The second-order valence-electron chi connectivity index (χ2n) is 4.30. The Labute approximate surface area is 119 Å². The van der Waals surface area contributed by atoms with Crippen molar-refractivity contribution < 1.29 is 19.2 Å². The molecule has 108 valence electrons. The molecule has 0 bridgehead atoms. The van der Waals surface area contributed by atoms with Gasteiger partial charge in [0.25, 0.3) is 5.69 Å². The molecule has 0 aliphatic rings. The van der Waals surface area contributed by atoms with Crippen molar-refractivity contribution in [2.24, 2.45) is 0 Å². The summed E-state index contributed by atoms with van der Waals surface area (Å²) in [5.41, 5.74) is 0.178. The van der Waals surface area contributed by atoms with E-state index in [0.29, 0.717) is 11.4 Å². The van der Waals surface area contributed by atoms with Crippen LogP contribution in [0.5, 0.6) is 0 Å². The second kappa shape index (κ2) is 5.58. The summed E-state index contributed by atoms with van der Waals surface area (Å²) in [6.45, 7) is 0. The van der Waals surface area contributed by atoms with E-state index in [4.69, 9.17) is 5.11 Å². The molecule has 0 aromatic heterocycles. The standard InChI is InChI=1S/C14H11FN2O4/c1-16(10-4-2-9(15)3-5-10)11-6-7-12(14(18)19)13(8-11)17(20)21/h2-8H,1H3,(H,18,19). The Morgan fingerprint density at radius 3 is 2.29 bits per heavy atom. The lowest BCUT2D eigenvalue weighted by molar-refractivity contribution is -0.385. The first-order valence-electron chi connectivity index (χ1n) is 5.91. The van der Waals surface area contributed by atoms with E-state index in [-0.39, 0.29) is 11.4 Å². The smallest absolute Gasteiger partial charge is 0.342 e. The number of nitrogens with zero attached hydrogens (tertiary/aromatic N) is 2. The SMILES string of the molecule is CN(c1ccc(F)cc1)c1ccc(C(=O)O)c([N+](=O)[O-])c1. The molecule has 7 heteroatoms. The third-order valence-corrected chi connectivity index (χ3v) is 3.01. The Hall–Kier alpha value is -2.96. The zero-order valence-electron chi connectivity index (χ0n) is 11.0. The van der Waals surface area contributed by atoms with Crippen LogP contribution in [0.15, 0.2) is 42.5 Å². The van der Waals surface area contributed by atoms with Crippen LogP contribution >= 0.6 is 0 Å². The third kappa shape index (κ3) is 2.97. The third-order valence-electron chi connectivity index (χ3n) is 3.01. The molecule has 2 aromatic carbocycles. The molecule has 1 N–H and O–H groups in total. The van der Waals surface area contributed by atoms with Crippen molar-refractivity contribution in [2.45, 2.75) is 0 Å². The molecule has 0 atom stereocenters. The minimum absolute atomic E-state index is 0.378. The molecule has 0 spiro atoms. The number of rotatable bonds is 4. The Balaban J connectivity index is 2.44. The Morgan fingerprint density at radius 1 is 1.19 bits per heavy atom. The van der Waals surface area contributed by atoms with E-state index in [9.17, 15) is 19.3 Å². The average molecular weight is 290 g/mol. The van der Waals surface area contributed by atoms with E-state index in [1.165, 1.54) is 42.5 Å². The molecule has 6 nitrogen and oxygen atoms in total. The van der Waals surface area contributed by atoms with Gasteiger partial charge in [0.15, 0.2) is 0 Å². The number of anilines is 2. The van der Waals surface area contributed by atoms with Crippen molar-refractivity contribution >= 4 is 23.0 Å². The first-order chi connectivity index (χ1) is 9.90. The summed E-state index contributed by atoms with van der Waals surface area (Å²) in [7, 11) is 1.65. The molecule has 0 saturated heterocycles. The molecule has 0 amide bonds. The first kappa shape index (κ1) is 14.4. The predicted octanol–water partition coefficient (Wildman–Crippen LogP) is 3.20. The number of carboxylic acid groups (broad SMARTS) is 1. The van der Waals surface area contributed by atoms with Crippen molar-refractivity contribution in [3.8, 4) is 0 Å². The number of hydrogen-bond acceptors (Lipinski definition) is 4. The van der Waals surface area contributed by atoms with Crippen LogP contribution in [0.25, 0.3) is 0 Å². The molecular weight excluding hydrogens is 279 g/mol. The van der Waals surface area contributed by atoms with Crippen molar-refractivity contribution in [2.75, 3.05) is 11.9 Å². The highest BCUT2D eigenvalue weighted by molar-refractivity contribution is 5.93. The summed E-state index contributed by atoms with van der Waals surface area (Å²) in [5.74, 6) is -1.75. The number of carbonyl (C=O) groups is 1. The molecule has 0 radical (unpaired) electrons. The molecule has 0 aliphatic carbocycles. The van der Waals surface area contributed by atoms with Crippen LogP contribution in [-0.2, 0) is 0 Å². The van der Waals surface area contributed by atoms with Gasteiger partial charge in [0, 0.05) is 24.5 Å². The maximum Gasteiger partial charge on any atom is 0.342 e. The molecule has 21 heavy (non-hydrogen) atoms. The van der Waals surface area contributed by atoms with Crippen LogP contribution in [-0.4, -0.2) is 23.0 Å². The van der Waals surface area contributed by atoms with Gasteiger partial charge < -0.3 is 10.0 Å². The Bertz CT molecular complexity index is 701. The fourth-order valence-electron chi connectivity index (χ4n) is 1.87.